The minimum atomic E-state index is 0.496. The van der Waals surface area contributed by atoms with E-state index in [-0.39, 0.29) is 0 Å². The first-order valence-electron chi connectivity index (χ1n) is 7.37. The van der Waals surface area contributed by atoms with Crippen LogP contribution in [-0.4, -0.2) is 32.8 Å². The van der Waals surface area contributed by atoms with Gasteiger partial charge in [-0.05, 0) is 52.5 Å². The van der Waals surface area contributed by atoms with Crippen molar-refractivity contribution >= 4 is 21.6 Å². The van der Waals surface area contributed by atoms with Crippen LogP contribution in [0.1, 0.15) is 25.8 Å². The van der Waals surface area contributed by atoms with Crippen molar-refractivity contribution in [2.75, 3.05) is 31.7 Å². The molecule has 3 nitrogen and oxygen atoms in total. The average Bonchev–Trinajstić information content (AvgIpc) is 2.91. The second kappa shape index (κ2) is 7.43. The van der Waals surface area contributed by atoms with Crippen molar-refractivity contribution in [3.8, 4) is 0 Å². The van der Waals surface area contributed by atoms with E-state index in [0.717, 1.165) is 37.2 Å². The predicted molar refractivity (Wildman–Crippen MR) is 88.3 cm³/mol. The third-order valence-electron chi connectivity index (χ3n) is 3.73. The van der Waals surface area contributed by atoms with Gasteiger partial charge in [0.05, 0.1) is 18.3 Å². The van der Waals surface area contributed by atoms with Crippen molar-refractivity contribution < 1.29 is 4.74 Å². The topological polar surface area (TPSA) is 24.5 Å². The Balaban J connectivity index is 1.98. The zero-order chi connectivity index (χ0) is 14.5. The van der Waals surface area contributed by atoms with Crippen molar-refractivity contribution in [1.82, 2.24) is 5.32 Å². The fraction of sp³-hybridized carbons (Fsp3) is 0.625. The van der Waals surface area contributed by atoms with Gasteiger partial charge >= 0.3 is 0 Å². The highest BCUT2D eigenvalue weighted by Crippen LogP contribution is 2.29. The van der Waals surface area contributed by atoms with Gasteiger partial charge in [-0.15, -0.1) is 0 Å². The molecule has 0 radical (unpaired) electrons. The molecule has 0 saturated carbocycles. The molecule has 0 bridgehead atoms. The maximum atomic E-state index is 5.47. The minimum absolute atomic E-state index is 0.496. The van der Waals surface area contributed by atoms with E-state index < -0.39 is 0 Å². The molecule has 20 heavy (non-hydrogen) atoms. The lowest BCUT2D eigenvalue weighted by Crippen LogP contribution is -2.32. The van der Waals surface area contributed by atoms with E-state index >= 15 is 0 Å². The summed E-state index contributed by atoms with van der Waals surface area (Å²) in [4.78, 5) is 2.32. The molecule has 1 aromatic carbocycles. The van der Waals surface area contributed by atoms with Gasteiger partial charge in [-0.25, -0.2) is 0 Å². The van der Waals surface area contributed by atoms with Crippen LogP contribution in [0.2, 0.25) is 0 Å². The van der Waals surface area contributed by atoms with Crippen LogP contribution < -0.4 is 10.2 Å². The predicted octanol–water partition coefficient (Wildman–Crippen LogP) is 3.42. The van der Waals surface area contributed by atoms with Crippen molar-refractivity contribution in [2.24, 2.45) is 5.92 Å². The molecular weight excluding hydrogens is 316 g/mol. The summed E-state index contributed by atoms with van der Waals surface area (Å²) in [6, 6.07) is 7.12. The Morgan fingerprint density at radius 2 is 2.25 bits per heavy atom. The molecule has 1 unspecified atom stereocenters. The highest BCUT2D eigenvalue weighted by molar-refractivity contribution is 9.10. The first-order chi connectivity index (χ1) is 9.58. The third kappa shape index (κ3) is 4.21. The molecule has 1 aliphatic heterocycles. The van der Waals surface area contributed by atoms with Gasteiger partial charge in [-0.2, -0.15) is 0 Å². The Kier molecular flexibility index (Phi) is 5.87. The minimum Gasteiger partial charge on any atom is -0.379 e. The number of likely N-dealkylation sites (N-methyl/N-ethyl adjacent to an activating group) is 1. The van der Waals surface area contributed by atoms with E-state index in [0.29, 0.717) is 12.0 Å². The van der Waals surface area contributed by atoms with Crippen LogP contribution in [0.3, 0.4) is 0 Å². The van der Waals surface area contributed by atoms with E-state index in [4.69, 9.17) is 4.74 Å². The molecule has 0 aliphatic carbocycles. The molecule has 0 spiro atoms. The van der Waals surface area contributed by atoms with Crippen molar-refractivity contribution in [3.05, 3.63) is 28.2 Å². The molecule has 1 atom stereocenters. The Bertz CT molecular complexity index is 430. The van der Waals surface area contributed by atoms with Crippen LogP contribution in [0, 0.1) is 5.92 Å². The molecule has 4 heteroatoms. The summed E-state index contributed by atoms with van der Waals surface area (Å²) in [5.41, 5.74) is 2.56. The van der Waals surface area contributed by atoms with E-state index in [9.17, 15) is 0 Å². The second-order valence-electron chi connectivity index (χ2n) is 5.94. The van der Waals surface area contributed by atoms with E-state index in [1.165, 1.54) is 11.3 Å². The van der Waals surface area contributed by atoms with E-state index in [2.05, 4.69) is 65.2 Å². The van der Waals surface area contributed by atoms with E-state index in [1.807, 2.05) is 0 Å². The Hall–Kier alpha value is -0.580. The molecule has 112 valence electrons. The third-order valence-corrected chi connectivity index (χ3v) is 4.36. The fourth-order valence-corrected chi connectivity index (χ4v) is 3.18. The Morgan fingerprint density at radius 1 is 1.45 bits per heavy atom. The number of ether oxygens (including phenoxy) is 1. The average molecular weight is 341 g/mol. The molecule has 1 aromatic rings. The molecule has 1 N–H and O–H groups in total. The maximum absolute atomic E-state index is 5.47. The fourth-order valence-electron chi connectivity index (χ4n) is 2.48. The molecule has 2 rings (SSSR count). The van der Waals surface area contributed by atoms with Gasteiger partial charge in [0.2, 0.25) is 0 Å². The highest BCUT2D eigenvalue weighted by atomic mass is 79.9. The second-order valence-corrected chi connectivity index (χ2v) is 6.79. The summed E-state index contributed by atoms with van der Waals surface area (Å²) >= 11 is 3.71. The molecule has 0 amide bonds. The summed E-state index contributed by atoms with van der Waals surface area (Å²) in [5, 5.41) is 3.48. The number of anilines is 1. The molecule has 1 saturated heterocycles. The lowest BCUT2D eigenvalue weighted by atomic mass is 10.1. The lowest BCUT2D eigenvalue weighted by molar-refractivity contribution is 0.193. The summed E-state index contributed by atoms with van der Waals surface area (Å²) in [6.07, 6.45) is 1.11. The lowest BCUT2D eigenvalue weighted by Gasteiger charge is -2.26. The molecule has 1 aliphatic rings. The van der Waals surface area contributed by atoms with Gasteiger partial charge in [-0.3, -0.25) is 0 Å². The first-order valence-corrected chi connectivity index (χ1v) is 8.17. The first kappa shape index (κ1) is 15.8. The van der Waals surface area contributed by atoms with Crippen LogP contribution >= 0.6 is 15.9 Å². The van der Waals surface area contributed by atoms with Gasteiger partial charge in [-0.1, -0.05) is 19.9 Å². The Morgan fingerprint density at radius 3 is 2.85 bits per heavy atom. The van der Waals surface area contributed by atoms with Gasteiger partial charge in [0.15, 0.2) is 0 Å². The normalized spacial score (nSPS) is 18.8. The van der Waals surface area contributed by atoms with Crippen LogP contribution in [-0.2, 0) is 11.3 Å². The van der Waals surface area contributed by atoms with Gasteiger partial charge in [0, 0.05) is 24.7 Å². The number of hydrogen-bond acceptors (Lipinski definition) is 3. The SMILES string of the molecule is CC(C)CNCc1ccc(N(C)C2CCOC2)c(Br)c1. The smallest absolute Gasteiger partial charge is 0.0670 e. The number of nitrogens with zero attached hydrogens (tertiary/aromatic N) is 1. The van der Waals surface area contributed by atoms with Crippen molar-refractivity contribution in [3.63, 3.8) is 0 Å². The summed E-state index contributed by atoms with van der Waals surface area (Å²) < 4.78 is 6.63. The quantitative estimate of drug-likeness (QED) is 0.858. The zero-order valence-electron chi connectivity index (χ0n) is 12.7. The monoisotopic (exact) mass is 340 g/mol. The largest absolute Gasteiger partial charge is 0.379 e. The number of rotatable bonds is 6. The standard InChI is InChI=1S/C16H25BrN2O/c1-12(2)9-18-10-13-4-5-16(15(17)8-13)19(3)14-6-7-20-11-14/h4-5,8,12,14,18H,6-7,9-11H2,1-3H3. The van der Waals surface area contributed by atoms with Crippen LogP contribution in [0.25, 0.3) is 0 Å². The van der Waals surface area contributed by atoms with Crippen molar-refractivity contribution in [1.29, 1.82) is 0 Å². The zero-order valence-corrected chi connectivity index (χ0v) is 14.2. The van der Waals surface area contributed by atoms with Gasteiger partial charge in [0.1, 0.15) is 0 Å². The number of benzene rings is 1. The number of hydrogen-bond donors (Lipinski definition) is 1. The molecule has 0 aromatic heterocycles. The van der Waals surface area contributed by atoms with Crippen molar-refractivity contribution in [2.45, 2.75) is 32.9 Å². The molecule has 1 fully saturated rings. The van der Waals surface area contributed by atoms with Crippen LogP contribution in [0.5, 0.6) is 0 Å². The summed E-state index contributed by atoms with van der Waals surface area (Å²) in [5.74, 6) is 0.686. The number of halogens is 1. The molecule has 1 heterocycles. The maximum Gasteiger partial charge on any atom is 0.0670 e. The Labute approximate surface area is 130 Å². The summed E-state index contributed by atoms with van der Waals surface area (Å²) in [6.45, 7) is 8.14. The number of nitrogens with one attached hydrogen (secondary N) is 1. The van der Waals surface area contributed by atoms with Gasteiger partial charge in [0.25, 0.3) is 0 Å². The van der Waals surface area contributed by atoms with Crippen LogP contribution in [0.4, 0.5) is 5.69 Å². The van der Waals surface area contributed by atoms with Gasteiger partial charge < -0.3 is 15.0 Å². The van der Waals surface area contributed by atoms with E-state index in [1.54, 1.807) is 0 Å². The highest BCUT2D eigenvalue weighted by Gasteiger charge is 2.21. The molecular formula is C16H25BrN2O. The summed E-state index contributed by atoms with van der Waals surface area (Å²) in [7, 11) is 2.15. The van der Waals surface area contributed by atoms with Crippen LogP contribution in [0.15, 0.2) is 22.7 Å².